The fourth-order valence-corrected chi connectivity index (χ4v) is 4.29. The normalized spacial score (nSPS) is 17.3. The average Bonchev–Trinajstić information content (AvgIpc) is 3.28. The highest BCUT2D eigenvalue weighted by Gasteiger charge is 2.44. The van der Waals surface area contributed by atoms with Gasteiger partial charge in [-0.3, -0.25) is 14.5 Å². The van der Waals surface area contributed by atoms with Gasteiger partial charge in [-0.05, 0) is 22.9 Å². The Hall–Kier alpha value is -2.92. The van der Waals surface area contributed by atoms with Gasteiger partial charge >= 0.3 is 0 Å². The molecule has 1 N–H and O–H groups in total. The van der Waals surface area contributed by atoms with Crippen molar-refractivity contribution >= 4 is 39.5 Å². The van der Waals surface area contributed by atoms with Crippen molar-refractivity contribution < 1.29 is 14.7 Å². The van der Waals surface area contributed by atoms with Crippen molar-refractivity contribution in [1.29, 1.82) is 0 Å². The van der Waals surface area contributed by atoms with Crippen LogP contribution in [-0.2, 0) is 9.59 Å². The SMILES string of the molecule is CCC(=O)C1=C(O)C(=O)N(c2cccc3ccccc23)C1c1cccs1. The minimum atomic E-state index is -0.597. The maximum Gasteiger partial charge on any atom is 0.294 e. The summed E-state index contributed by atoms with van der Waals surface area (Å²) in [6.45, 7) is 1.74. The largest absolute Gasteiger partial charge is 0.503 e. The van der Waals surface area contributed by atoms with Crippen LogP contribution in [0, 0.1) is 0 Å². The van der Waals surface area contributed by atoms with Gasteiger partial charge in [-0.15, -0.1) is 11.3 Å². The molecule has 0 radical (unpaired) electrons. The standard InChI is InChI=1S/C21H17NO3S/c1-2-16(23)18-19(17-11-6-12-26-17)22(21(25)20(18)24)15-10-5-8-13-7-3-4-9-14(13)15/h3-12,19,24H,2H2,1H3. The zero-order valence-corrected chi connectivity index (χ0v) is 15.0. The summed E-state index contributed by atoms with van der Waals surface area (Å²) in [6.07, 6.45) is 0.234. The molecule has 2 aromatic carbocycles. The predicted molar refractivity (Wildman–Crippen MR) is 103 cm³/mol. The van der Waals surface area contributed by atoms with Crippen LogP contribution in [-0.4, -0.2) is 16.8 Å². The molecule has 2 heterocycles. The monoisotopic (exact) mass is 363 g/mol. The second-order valence-corrected chi connectivity index (χ2v) is 7.11. The fourth-order valence-electron chi connectivity index (χ4n) is 3.46. The Bertz CT molecular complexity index is 1030. The van der Waals surface area contributed by atoms with Crippen LogP contribution >= 0.6 is 11.3 Å². The highest BCUT2D eigenvalue weighted by molar-refractivity contribution is 7.10. The van der Waals surface area contributed by atoms with Crippen LogP contribution in [0.2, 0.25) is 0 Å². The lowest BCUT2D eigenvalue weighted by Crippen LogP contribution is -2.30. The first-order valence-electron chi connectivity index (χ1n) is 8.44. The van der Waals surface area contributed by atoms with Gasteiger partial charge in [-0.2, -0.15) is 0 Å². The summed E-state index contributed by atoms with van der Waals surface area (Å²) in [5.74, 6) is -1.18. The summed E-state index contributed by atoms with van der Waals surface area (Å²) < 4.78 is 0. The van der Waals surface area contributed by atoms with E-state index < -0.39 is 17.7 Å². The highest BCUT2D eigenvalue weighted by Crippen LogP contribution is 2.44. The van der Waals surface area contributed by atoms with Gasteiger partial charge in [0.2, 0.25) is 0 Å². The number of hydrogen-bond donors (Lipinski definition) is 1. The summed E-state index contributed by atoms with van der Waals surface area (Å²) in [6, 6.07) is 16.7. The number of rotatable bonds is 4. The molecular weight excluding hydrogens is 346 g/mol. The summed E-state index contributed by atoms with van der Waals surface area (Å²) in [5.41, 5.74) is 0.879. The van der Waals surface area contributed by atoms with E-state index >= 15 is 0 Å². The van der Waals surface area contributed by atoms with Gasteiger partial charge in [0.1, 0.15) is 6.04 Å². The molecule has 1 atom stereocenters. The van der Waals surface area contributed by atoms with Crippen LogP contribution in [0.5, 0.6) is 0 Å². The molecule has 1 aliphatic rings. The third kappa shape index (κ3) is 2.44. The zero-order valence-electron chi connectivity index (χ0n) is 14.2. The van der Waals surface area contributed by atoms with Crippen molar-refractivity contribution in [3.63, 3.8) is 0 Å². The Morgan fingerprint density at radius 1 is 1.12 bits per heavy atom. The number of anilines is 1. The second kappa shape index (κ2) is 6.42. The maximum absolute atomic E-state index is 13.0. The summed E-state index contributed by atoms with van der Waals surface area (Å²) in [5, 5.41) is 14.3. The molecule has 0 aliphatic carbocycles. The number of hydrogen-bond acceptors (Lipinski definition) is 4. The topological polar surface area (TPSA) is 57.6 Å². The van der Waals surface area contributed by atoms with Crippen LogP contribution < -0.4 is 4.90 Å². The molecule has 0 saturated carbocycles. The predicted octanol–water partition coefficient (Wildman–Crippen LogP) is 4.78. The van der Waals surface area contributed by atoms with Gasteiger partial charge in [0.15, 0.2) is 11.5 Å². The molecule has 1 aromatic heterocycles. The summed E-state index contributed by atoms with van der Waals surface area (Å²) >= 11 is 1.47. The number of aliphatic hydroxyl groups excluding tert-OH is 1. The lowest BCUT2D eigenvalue weighted by atomic mass is 9.99. The first-order chi connectivity index (χ1) is 12.6. The molecule has 26 heavy (non-hydrogen) atoms. The second-order valence-electron chi connectivity index (χ2n) is 6.13. The molecule has 1 aliphatic heterocycles. The number of carbonyl (C=O) groups is 2. The molecular formula is C21H17NO3S. The van der Waals surface area contributed by atoms with Crippen molar-refractivity contribution in [2.45, 2.75) is 19.4 Å². The van der Waals surface area contributed by atoms with E-state index in [0.29, 0.717) is 5.69 Å². The van der Waals surface area contributed by atoms with Crippen LogP contribution in [0.1, 0.15) is 24.3 Å². The lowest BCUT2D eigenvalue weighted by molar-refractivity contribution is -0.118. The Morgan fingerprint density at radius 3 is 2.62 bits per heavy atom. The number of thiophene rings is 1. The van der Waals surface area contributed by atoms with E-state index in [2.05, 4.69) is 0 Å². The average molecular weight is 363 g/mol. The quantitative estimate of drug-likeness (QED) is 0.726. The van der Waals surface area contributed by atoms with E-state index in [9.17, 15) is 14.7 Å². The number of nitrogens with zero attached hydrogens (tertiary/aromatic N) is 1. The summed E-state index contributed by atoms with van der Waals surface area (Å²) in [4.78, 5) is 27.9. The minimum Gasteiger partial charge on any atom is -0.503 e. The molecule has 5 heteroatoms. The molecule has 130 valence electrons. The van der Waals surface area contributed by atoms with Gasteiger partial charge in [0, 0.05) is 16.7 Å². The Balaban J connectivity index is 1.95. The maximum atomic E-state index is 13.0. The van der Waals surface area contributed by atoms with E-state index in [-0.39, 0.29) is 17.8 Å². The van der Waals surface area contributed by atoms with Crippen molar-refractivity contribution in [3.8, 4) is 0 Å². The molecule has 0 spiro atoms. The van der Waals surface area contributed by atoms with Gasteiger partial charge in [0.05, 0.1) is 11.3 Å². The smallest absolute Gasteiger partial charge is 0.294 e. The molecule has 1 amide bonds. The van der Waals surface area contributed by atoms with E-state index in [0.717, 1.165) is 15.6 Å². The molecule has 4 nitrogen and oxygen atoms in total. The molecule has 4 rings (SSSR count). The Kier molecular flexibility index (Phi) is 4.09. The van der Waals surface area contributed by atoms with E-state index in [4.69, 9.17) is 0 Å². The zero-order chi connectivity index (χ0) is 18.3. The molecule has 0 fully saturated rings. The van der Waals surface area contributed by atoms with Gasteiger partial charge in [0.25, 0.3) is 5.91 Å². The fraction of sp³-hybridized carbons (Fsp3) is 0.143. The number of Topliss-reactive ketones (excluding diaryl/α,β-unsaturated/α-hetero) is 1. The van der Waals surface area contributed by atoms with Crippen LogP contribution in [0.3, 0.4) is 0 Å². The summed E-state index contributed by atoms with van der Waals surface area (Å²) in [7, 11) is 0. The van der Waals surface area contributed by atoms with Crippen LogP contribution in [0.15, 0.2) is 71.3 Å². The van der Waals surface area contributed by atoms with Crippen LogP contribution in [0.25, 0.3) is 10.8 Å². The highest BCUT2D eigenvalue weighted by atomic mass is 32.1. The number of amides is 1. The third-order valence-corrected chi connectivity index (χ3v) is 5.59. The third-order valence-electron chi connectivity index (χ3n) is 4.67. The van der Waals surface area contributed by atoms with E-state index in [1.807, 2.05) is 60.0 Å². The van der Waals surface area contributed by atoms with Crippen LogP contribution in [0.4, 0.5) is 5.69 Å². The number of fused-ring (bicyclic) bond motifs is 1. The molecule has 1 unspecified atom stereocenters. The molecule has 0 saturated heterocycles. The molecule has 3 aromatic rings. The Morgan fingerprint density at radius 2 is 1.88 bits per heavy atom. The van der Waals surface area contributed by atoms with Crippen molar-refractivity contribution in [2.24, 2.45) is 0 Å². The van der Waals surface area contributed by atoms with Crippen molar-refractivity contribution in [1.82, 2.24) is 0 Å². The van der Waals surface area contributed by atoms with Crippen molar-refractivity contribution in [2.75, 3.05) is 4.90 Å². The number of ketones is 1. The van der Waals surface area contributed by atoms with E-state index in [1.54, 1.807) is 11.8 Å². The first kappa shape index (κ1) is 16.5. The van der Waals surface area contributed by atoms with Crippen molar-refractivity contribution in [3.05, 3.63) is 76.2 Å². The van der Waals surface area contributed by atoms with Gasteiger partial charge < -0.3 is 5.11 Å². The lowest BCUT2D eigenvalue weighted by Gasteiger charge is -2.27. The van der Waals surface area contributed by atoms with E-state index in [1.165, 1.54) is 11.3 Å². The van der Waals surface area contributed by atoms with Gasteiger partial charge in [-0.1, -0.05) is 49.4 Å². The molecule has 0 bridgehead atoms. The first-order valence-corrected chi connectivity index (χ1v) is 9.32. The number of aliphatic hydroxyl groups is 1. The Labute approximate surface area is 155 Å². The minimum absolute atomic E-state index is 0.188. The number of carbonyl (C=O) groups excluding carboxylic acids is 2. The number of benzene rings is 2. The van der Waals surface area contributed by atoms with Gasteiger partial charge in [-0.25, -0.2) is 0 Å².